The second-order valence-corrected chi connectivity index (χ2v) is 6.34. The molecule has 0 aromatic heterocycles. The summed E-state index contributed by atoms with van der Waals surface area (Å²) in [5.74, 6) is -1.25. The number of likely N-dealkylation sites (N-methyl/N-ethyl adjacent to an activating group) is 1. The van der Waals surface area contributed by atoms with Crippen LogP contribution in [0.3, 0.4) is 0 Å². The minimum Gasteiger partial charge on any atom is -0.455 e. The third-order valence-electron chi connectivity index (χ3n) is 4.52. The van der Waals surface area contributed by atoms with Crippen LogP contribution in [0.25, 0.3) is 0 Å². The third-order valence-corrected chi connectivity index (χ3v) is 4.52. The molecule has 0 aliphatic rings. The molecule has 0 fully saturated rings. The van der Waals surface area contributed by atoms with Crippen molar-refractivity contribution >= 4 is 17.6 Å². The van der Waals surface area contributed by atoms with Gasteiger partial charge in [0, 0.05) is 12.2 Å². The molecule has 3 rings (SSSR count). The summed E-state index contributed by atoms with van der Waals surface area (Å²) in [5.41, 5.74) is 2.46. The lowest BCUT2D eigenvalue weighted by Crippen LogP contribution is -2.35. The molecule has 0 N–H and O–H groups in total. The molecule has 0 bridgehead atoms. The Balaban J connectivity index is 1.74. The van der Waals surface area contributed by atoms with Crippen molar-refractivity contribution in [2.75, 3.05) is 18.1 Å². The quantitative estimate of drug-likeness (QED) is 0.576. The Labute approximate surface area is 165 Å². The first kappa shape index (κ1) is 19.4. The summed E-state index contributed by atoms with van der Waals surface area (Å²) in [7, 11) is 0. The van der Waals surface area contributed by atoms with E-state index in [2.05, 4.69) is 0 Å². The number of carbonyl (C=O) groups excluding carboxylic acids is 2. The Morgan fingerprint density at radius 1 is 0.786 bits per heavy atom. The van der Waals surface area contributed by atoms with Crippen molar-refractivity contribution in [3.63, 3.8) is 0 Å². The van der Waals surface area contributed by atoms with E-state index in [0.717, 1.165) is 16.8 Å². The molecule has 28 heavy (non-hydrogen) atoms. The van der Waals surface area contributed by atoms with Crippen LogP contribution in [0.1, 0.15) is 24.0 Å². The fourth-order valence-electron chi connectivity index (χ4n) is 3.16. The molecule has 3 aromatic carbocycles. The van der Waals surface area contributed by atoms with Crippen LogP contribution in [0.15, 0.2) is 91.0 Å². The molecule has 142 valence electrons. The van der Waals surface area contributed by atoms with Gasteiger partial charge in [0.2, 0.25) is 0 Å². The highest BCUT2D eigenvalue weighted by Gasteiger charge is 2.25. The summed E-state index contributed by atoms with van der Waals surface area (Å²) < 4.78 is 5.45. The van der Waals surface area contributed by atoms with Crippen molar-refractivity contribution in [2.24, 2.45) is 0 Å². The molecule has 0 unspecified atom stereocenters. The smallest absolute Gasteiger partial charge is 0.318 e. The van der Waals surface area contributed by atoms with Crippen LogP contribution < -0.4 is 4.90 Å². The third kappa shape index (κ3) is 4.65. The minimum atomic E-state index is -0.568. The predicted octanol–water partition coefficient (Wildman–Crippen LogP) is 4.41. The lowest BCUT2D eigenvalue weighted by molar-refractivity contribution is -0.148. The summed E-state index contributed by atoms with van der Waals surface area (Å²) in [4.78, 5) is 27.1. The van der Waals surface area contributed by atoms with Gasteiger partial charge in [-0.15, -0.1) is 0 Å². The summed E-state index contributed by atoms with van der Waals surface area (Å²) in [6, 6.07) is 28.3. The van der Waals surface area contributed by atoms with Crippen molar-refractivity contribution in [3.05, 3.63) is 102 Å². The van der Waals surface area contributed by atoms with Crippen LogP contribution in [0.2, 0.25) is 0 Å². The van der Waals surface area contributed by atoms with E-state index in [-0.39, 0.29) is 12.5 Å². The summed E-state index contributed by atoms with van der Waals surface area (Å²) in [5, 5.41) is 0. The fourth-order valence-corrected chi connectivity index (χ4v) is 3.16. The number of esters is 1. The fraction of sp³-hybridized carbons (Fsp3) is 0.167. The van der Waals surface area contributed by atoms with Crippen LogP contribution in [-0.2, 0) is 14.3 Å². The zero-order valence-electron chi connectivity index (χ0n) is 15.8. The first-order chi connectivity index (χ1) is 13.7. The molecule has 0 spiro atoms. The second-order valence-electron chi connectivity index (χ2n) is 6.34. The first-order valence-corrected chi connectivity index (χ1v) is 9.32. The van der Waals surface area contributed by atoms with E-state index < -0.39 is 11.9 Å². The molecule has 0 aliphatic carbocycles. The lowest BCUT2D eigenvalue weighted by Gasteiger charge is -2.22. The number of hydrogen-bond donors (Lipinski definition) is 0. The van der Waals surface area contributed by atoms with Gasteiger partial charge < -0.3 is 9.64 Å². The van der Waals surface area contributed by atoms with E-state index >= 15 is 0 Å². The van der Waals surface area contributed by atoms with Crippen LogP contribution >= 0.6 is 0 Å². The van der Waals surface area contributed by atoms with Crippen molar-refractivity contribution in [1.29, 1.82) is 0 Å². The number of anilines is 1. The molecule has 4 nitrogen and oxygen atoms in total. The van der Waals surface area contributed by atoms with Gasteiger partial charge in [-0.25, -0.2) is 0 Å². The Kier molecular flexibility index (Phi) is 6.58. The summed E-state index contributed by atoms with van der Waals surface area (Å²) in [6.45, 7) is 2.10. The Bertz CT molecular complexity index is 855. The van der Waals surface area contributed by atoms with Gasteiger partial charge in [0.05, 0.1) is 0 Å². The van der Waals surface area contributed by atoms with E-state index in [1.165, 1.54) is 0 Å². The van der Waals surface area contributed by atoms with E-state index in [0.29, 0.717) is 6.54 Å². The van der Waals surface area contributed by atoms with E-state index in [1.807, 2.05) is 97.9 Å². The minimum absolute atomic E-state index is 0.248. The largest absolute Gasteiger partial charge is 0.455 e. The lowest BCUT2D eigenvalue weighted by atomic mass is 9.91. The normalized spacial score (nSPS) is 10.5. The Morgan fingerprint density at radius 2 is 1.25 bits per heavy atom. The number of benzene rings is 3. The van der Waals surface area contributed by atoms with Gasteiger partial charge in [0.1, 0.15) is 5.92 Å². The van der Waals surface area contributed by atoms with Crippen molar-refractivity contribution < 1.29 is 14.3 Å². The summed E-state index contributed by atoms with van der Waals surface area (Å²) >= 11 is 0. The van der Waals surface area contributed by atoms with E-state index in [1.54, 1.807) is 4.90 Å². The Hall–Kier alpha value is -3.40. The number of para-hydroxylation sites is 1. The highest BCUT2D eigenvalue weighted by molar-refractivity contribution is 5.95. The SMILES string of the molecule is CCN(C(=O)COC(=O)C(c1ccccc1)c1ccccc1)c1ccccc1. The van der Waals surface area contributed by atoms with Crippen molar-refractivity contribution in [1.82, 2.24) is 0 Å². The highest BCUT2D eigenvalue weighted by Crippen LogP contribution is 2.26. The van der Waals surface area contributed by atoms with E-state index in [9.17, 15) is 9.59 Å². The predicted molar refractivity (Wildman–Crippen MR) is 110 cm³/mol. The molecule has 0 saturated carbocycles. The van der Waals surface area contributed by atoms with Gasteiger partial charge in [-0.3, -0.25) is 9.59 Å². The maximum atomic E-state index is 12.9. The van der Waals surface area contributed by atoms with Crippen LogP contribution in [-0.4, -0.2) is 25.0 Å². The maximum absolute atomic E-state index is 12.9. The van der Waals surface area contributed by atoms with Gasteiger partial charge in [0.15, 0.2) is 6.61 Å². The molecular weight excluding hydrogens is 350 g/mol. The zero-order valence-corrected chi connectivity index (χ0v) is 15.8. The highest BCUT2D eigenvalue weighted by atomic mass is 16.5. The zero-order chi connectivity index (χ0) is 19.8. The molecule has 3 aromatic rings. The average Bonchev–Trinajstić information content (AvgIpc) is 2.75. The van der Waals surface area contributed by atoms with Crippen LogP contribution in [0.5, 0.6) is 0 Å². The molecule has 1 amide bonds. The first-order valence-electron chi connectivity index (χ1n) is 9.32. The standard InChI is InChI=1S/C24H23NO3/c1-2-25(21-16-10-5-11-17-21)22(26)18-28-24(27)23(19-12-6-3-7-13-19)20-14-8-4-9-15-20/h3-17,23H,2,18H2,1H3. The van der Waals surface area contributed by atoms with Gasteiger partial charge >= 0.3 is 5.97 Å². The number of amides is 1. The molecule has 0 heterocycles. The van der Waals surface area contributed by atoms with Gasteiger partial charge in [-0.1, -0.05) is 78.9 Å². The van der Waals surface area contributed by atoms with Crippen LogP contribution in [0.4, 0.5) is 5.69 Å². The number of carbonyl (C=O) groups is 2. The van der Waals surface area contributed by atoms with Crippen molar-refractivity contribution in [3.8, 4) is 0 Å². The summed E-state index contributed by atoms with van der Waals surface area (Å²) in [6.07, 6.45) is 0. The van der Waals surface area contributed by atoms with Gasteiger partial charge in [-0.05, 0) is 30.2 Å². The molecule has 0 atom stereocenters. The van der Waals surface area contributed by atoms with Gasteiger partial charge in [-0.2, -0.15) is 0 Å². The van der Waals surface area contributed by atoms with E-state index in [4.69, 9.17) is 4.74 Å². The maximum Gasteiger partial charge on any atom is 0.318 e. The second kappa shape index (κ2) is 9.51. The molecule has 4 heteroatoms. The monoisotopic (exact) mass is 373 g/mol. The molecular formula is C24H23NO3. The van der Waals surface area contributed by atoms with Crippen LogP contribution in [0, 0.1) is 0 Å². The topological polar surface area (TPSA) is 46.6 Å². The average molecular weight is 373 g/mol. The number of hydrogen-bond acceptors (Lipinski definition) is 3. The number of rotatable bonds is 7. The molecule has 0 radical (unpaired) electrons. The van der Waals surface area contributed by atoms with Gasteiger partial charge in [0.25, 0.3) is 5.91 Å². The molecule has 0 aliphatic heterocycles. The molecule has 0 saturated heterocycles. The Morgan fingerprint density at radius 3 is 1.71 bits per heavy atom. The number of ether oxygens (including phenoxy) is 1. The number of nitrogens with zero attached hydrogens (tertiary/aromatic N) is 1. The van der Waals surface area contributed by atoms with Crippen molar-refractivity contribution in [2.45, 2.75) is 12.8 Å².